The molecule has 3 saturated carbocycles. The monoisotopic (exact) mass is 2080 g/mol. The van der Waals surface area contributed by atoms with Crippen molar-refractivity contribution in [3.8, 4) is 46.3 Å². The van der Waals surface area contributed by atoms with E-state index in [-0.39, 0.29) is 157 Å². The number of halogens is 16. The van der Waals surface area contributed by atoms with E-state index in [1.807, 2.05) is 0 Å². The first-order valence-corrected chi connectivity index (χ1v) is 41.7. The van der Waals surface area contributed by atoms with E-state index >= 15 is 0 Å². The molecule has 6 heterocycles. The largest absolute Gasteiger partial charge is 0.480 e. The van der Waals surface area contributed by atoms with Gasteiger partial charge in [0.25, 0.3) is 42.2 Å². The number of nitrogens with zero attached hydrogens (tertiary/aromatic N) is 7. The number of aromatic nitrogens is 6. The summed E-state index contributed by atoms with van der Waals surface area (Å²) in [5.41, 5.74) is -6.22. The second-order valence-electron chi connectivity index (χ2n) is 23.2. The van der Waals surface area contributed by atoms with Crippen molar-refractivity contribution in [2.45, 2.75) is 152 Å². The molecule has 3 radical (unpaired) electrons. The van der Waals surface area contributed by atoms with E-state index in [0.717, 1.165) is 69.3 Å². The van der Waals surface area contributed by atoms with Gasteiger partial charge in [-0.3, -0.25) is 33.8 Å². The number of carbonyl (C=O) groups is 4. The first-order valence-electron chi connectivity index (χ1n) is 31.5. The Morgan fingerprint density at radius 2 is 0.829 bits per heavy atom. The average molecular weight is 2080 g/mol. The van der Waals surface area contributed by atoms with E-state index in [2.05, 4.69) is 108 Å². The molecule has 0 spiro atoms. The van der Waals surface area contributed by atoms with Crippen LogP contribution in [0.4, 0.5) is 37.7 Å². The summed E-state index contributed by atoms with van der Waals surface area (Å²) in [5, 5.41) is 12.5. The summed E-state index contributed by atoms with van der Waals surface area (Å²) < 4.78 is 188. The predicted octanol–water partition coefficient (Wildman–Crippen LogP) is 15.7. The number of hydrazone groups is 2. The first kappa shape index (κ1) is 104. The zero-order chi connectivity index (χ0) is 82.6. The molecule has 3 fully saturated rings. The quantitative estimate of drug-likeness (QED) is 0.0208. The Bertz CT molecular complexity index is 5320. The van der Waals surface area contributed by atoms with E-state index in [4.69, 9.17) is 93.3 Å². The summed E-state index contributed by atoms with van der Waals surface area (Å²) in [4.78, 5) is 91.5. The van der Waals surface area contributed by atoms with Crippen LogP contribution in [-0.2, 0) is 49.2 Å². The van der Waals surface area contributed by atoms with Crippen molar-refractivity contribution in [1.29, 1.82) is 0 Å². The second kappa shape index (κ2) is 45.8. The Morgan fingerprint density at radius 3 is 1.14 bits per heavy atom. The van der Waals surface area contributed by atoms with E-state index in [1.165, 1.54) is 50.9 Å². The molecule has 7 aromatic rings. The van der Waals surface area contributed by atoms with Gasteiger partial charge in [0.1, 0.15) is 27.0 Å². The van der Waals surface area contributed by atoms with Gasteiger partial charge in [-0.15, -0.1) is 47.3 Å². The van der Waals surface area contributed by atoms with E-state index in [1.54, 1.807) is 22.2 Å². The molecule has 2 amide bonds. The van der Waals surface area contributed by atoms with Crippen molar-refractivity contribution in [2.24, 2.45) is 10.2 Å². The number of carbonyl (C=O) groups excluding carboxylic acids is 4. The highest BCUT2D eigenvalue weighted by molar-refractivity contribution is 9.69. The fourth-order valence-electron chi connectivity index (χ4n) is 9.56. The molecule has 52 heteroatoms. The van der Waals surface area contributed by atoms with E-state index < -0.39 is 124 Å². The summed E-state index contributed by atoms with van der Waals surface area (Å²) >= 11 is 49.9. The molecule has 117 heavy (non-hydrogen) atoms. The highest BCUT2D eigenvalue weighted by Gasteiger charge is 2.37. The predicted molar refractivity (Wildman–Crippen MR) is 447 cm³/mol. The maximum Gasteiger partial charge on any atom is 0.369 e. The minimum atomic E-state index is -4.12. The summed E-state index contributed by atoms with van der Waals surface area (Å²) in [5.74, 6) is -4.11. The SMILES string of the molecule is BrB(Br)Br.C.C.C.C.COc1ncc(Oc2c(Cl)cc(Br)cc2Cl)cc1S(=O)(=O)NC1CCC1.COc1ncc(Oc2c(Cl)cc(N3N=C(C(F)F)C(=O)CC3=O)cc2Cl)cc1S(=O)(=O)NC1CCC1.O=C1CC(=O)N(c2cc(Cl)c(Oc3c[nH]c(=O)c(S(=O)(=O)NC4CCC4)c3)c(Cl)c2)N=C1C(F)F.O=c1[nH]nc(C(F)F)c(=O)[nH]1.[B]. The number of ketones is 2. The fraction of sp³-hybridized carbons (Fsp3) is 0.354. The number of methoxy groups -OCH3 is 2. The number of amides is 2. The van der Waals surface area contributed by atoms with Crippen LogP contribution in [0.3, 0.4) is 0 Å². The lowest BCUT2D eigenvalue weighted by Gasteiger charge is -2.26. The Morgan fingerprint density at radius 1 is 0.504 bits per heavy atom. The van der Waals surface area contributed by atoms with Crippen LogP contribution in [0.5, 0.6) is 46.3 Å². The van der Waals surface area contributed by atoms with Crippen molar-refractivity contribution in [3.63, 3.8) is 0 Å². The standard InChI is InChI=1S/C21H18Cl2F2N4O6S.C20H16Cl2F2N4O6S.C16H15BrCl2N2O4S.C4H3F2N3O2.4CH4.BBr3.B/c1-34-21-16(36(32,33)28-10-3-2-4-10)7-12(9-26-21)35-19-13(22)5-11(6-14(19)23)29-17(31)8-15(30)18(27-29)20(24)25;21-12-4-10(28-16(30)7-14(29)17(26-28)19(23)24)5-13(22)18(12)34-11-6-15(20(31)25-8-11)35(32,33)27-9-2-1-3-9;1-24-16-14(26(22,23)21-10-3-2-4-10)7-11(8-20-16)25-15-12(18)5-9(17)6-13(15)19;5-2(6)1-3(10)7-4(11)9-8-1;;;;;2-1(3)4;/h5-7,9-10,20,28H,2-4,8H2,1H3;4-6,8-9,19,27H,1-3,7H2,(H,25,31);5-8,10,21H,2-4H2,1H3;2H,(H2,7,9,10,11);4*1H4;;. The molecular weight excluding hydrogens is 2010 g/mol. The molecule has 3 aliphatic carbocycles. The highest BCUT2D eigenvalue weighted by atomic mass is 79.9. The smallest absolute Gasteiger partial charge is 0.369 e. The maximum absolute atomic E-state index is 13.1. The zero-order valence-electron chi connectivity index (χ0n) is 57.1. The minimum Gasteiger partial charge on any atom is -0.480 e. The van der Waals surface area contributed by atoms with Gasteiger partial charge in [0.05, 0.1) is 81.0 Å². The van der Waals surface area contributed by atoms with E-state index in [9.17, 15) is 85.2 Å². The highest BCUT2D eigenvalue weighted by Crippen LogP contribution is 2.45. The number of aromatic amines is 3. The van der Waals surface area contributed by atoms with Crippen molar-refractivity contribution in [3.05, 3.63) is 145 Å². The van der Waals surface area contributed by atoms with Crippen LogP contribution in [-0.4, -0.2) is 147 Å². The Hall–Kier alpha value is -6.76. The van der Waals surface area contributed by atoms with Gasteiger partial charge in [-0.2, -0.15) is 25.3 Å². The topological polar surface area (TPSA) is 421 Å². The van der Waals surface area contributed by atoms with Crippen molar-refractivity contribution < 1.29 is 94.5 Å². The lowest BCUT2D eigenvalue weighted by Crippen LogP contribution is -2.41. The molecule has 0 unspecified atom stereocenters. The molecule has 0 atom stereocenters. The number of alkyl halides is 6. The molecular formula is C65H68B2Br4Cl6F6N13O18S3. The van der Waals surface area contributed by atoms with Gasteiger partial charge in [0.2, 0.25) is 41.8 Å². The van der Waals surface area contributed by atoms with Crippen LogP contribution in [0.25, 0.3) is 0 Å². The number of rotatable bonds is 22. The molecule has 31 nitrogen and oxygen atoms in total. The van der Waals surface area contributed by atoms with Gasteiger partial charge in [-0.1, -0.05) is 135 Å². The van der Waals surface area contributed by atoms with Crippen LogP contribution in [0.15, 0.2) is 117 Å². The third-order valence-corrected chi connectivity index (χ3v) is 22.2. The van der Waals surface area contributed by atoms with Crippen molar-refractivity contribution in [2.75, 3.05) is 24.2 Å². The molecule has 0 bridgehead atoms. The molecule has 2 aliphatic heterocycles. The summed E-state index contributed by atoms with van der Waals surface area (Å²) in [7, 11) is -9.26. The molecule has 4 aromatic heterocycles. The number of nitrogens with one attached hydrogen (secondary N) is 6. The number of H-pyrrole nitrogens is 3. The number of hydrogen-bond donors (Lipinski definition) is 6. The van der Waals surface area contributed by atoms with Crippen molar-refractivity contribution in [1.82, 2.24) is 44.3 Å². The maximum atomic E-state index is 13.1. The third-order valence-electron chi connectivity index (χ3n) is 15.5. The number of pyridine rings is 3. The lowest BCUT2D eigenvalue weighted by atomic mass is 9.94. The second-order valence-corrected chi connectivity index (χ2v) is 38.1. The van der Waals surface area contributed by atoms with Crippen LogP contribution in [0.2, 0.25) is 30.1 Å². The summed E-state index contributed by atoms with van der Waals surface area (Å²) in [6.45, 7) is 0. The molecule has 3 aromatic carbocycles. The van der Waals surface area contributed by atoms with Gasteiger partial charge >= 0.3 is 8.87 Å². The van der Waals surface area contributed by atoms with Gasteiger partial charge < -0.3 is 28.7 Å². The van der Waals surface area contributed by atoms with Crippen molar-refractivity contribution >= 4 is 221 Å². The van der Waals surface area contributed by atoms with Crippen LogP contribution < -0.4 is 64.7 Å². The Labute approximate surface area is 730 Å². The number of Topliss-reactive ketones (excluding diaryl/α,β-unsaturated/α-hetero) is 2. The first-order chi connectivity index (χ1) is 52.6. The van der Waals surface area contributed by atoms with Gasteiger partial charge in [0, 0.05) is 55.4 Å². The number of sulfonamides is 3. The van der Waals surface area contributed by atoms with E-state index in [0.29, 0.717) is 27.3 Å². The zero-order valence-corrected chi connectivity index (χ0v) is 70.4. The minimum absolute atomic E-state index is 0. The number of benzene rings is 3. The Balaban J connectivity index is 0.000000411. The average Bonchev–Trinajstić information content (AvgIpc) is 0.800. The molecule has 5 aliphatic rings. The molecule has 637 valence electrons. The van der Waals surface area contributed by atoms with Crippen LogP contribution in [0.1, 0.15) is 112 Å². The third kappa shape index (κ3) is 27.9. The molecule has 6 N–H and O–H groups in total. The van der Waals surface area contributed by atoms with Crippen LogP contribution >= 0.6 is 133 Å². The number of ether oxygens (including phenoxy) is 5. The number of anilines is 2. The summed E-state index contributed by atoms with van der Waals surface area (Å²) in [6.07, 6.45) is -0.0690. The van der Waals surface area contributed by atoms with Gasteiger partial charge in [-0.25, -0.2) is 85.6 Å². The fourth-order valence-corrected chi connectivity index (χ4v) is 16.2. The van der Waals surface area contributed by atoms with Crippen LogP contribution in [0, 0.1) is 0 Å². The van der Waals surface area contributed by atoms with Gasteiger partial charge in [-0.05, 0) is 74.9 Å². The molecule has 12 rings (SSSR count). The molecule has 0 saturated heterocycles. The summed E-state index contributed by atoms with van der Waals surface area (Å²) in [6, 6.07) is 10.9. The Kier molecular flexibility index (Phi) is 40.8. The lowest BCUT2D eigenvalue weighted by molar-refractivity contribution is -0.126. The van der Waals surface area contributed by atoms with Gasteiger partial charge in [0.15, 0.2) is 50.8 Å². The number of hydrogen-bond acceptors (Lipinski definition) is 23. The normalized spacial score (nSPS) is 14.7.